The number of para-hydroxylation sites is 1. The Hall–Kier alpha value is -0.590. The number of hydrogen-bond acceptors (Lipinski definition) is 4. The molecule has 20 heavy (non-hydrogen) atoms. The zero-order valence-corrected chi connectivity index (χ0v) is 13.4. The Balaban J connectivity index is 2.36. The molecule has 4 nitrogen and oxygen atoms in total. The quantitative estimate of drug-likeness (QED) is 0.567. The molecule has 0 saturated carbocycles. The number of hydrogen-bond donors (Lipinski definition) is 0. The second-order valence-corrected chi connectivity index (χ2v) is 6.93. The predicted molar refractivity (Wildman–Crippen MR) is 77.4 cm³/mol. The van der Waals surface area contributed by atoms with Crippen LogP contribution in [0.4, 0.5) is 0 Å². The molecule has 0 N–H and O–H groups in total. The van der Waals surface area contributed by atoms with E-state index >= 15 is 0 Å². The molecular weight excluding hydrogens is 370 g/mol. The molecule has 0 amide bonds. The smallest absolute Gasteiger partial charge is 0.373 e. The monoisotopic (exact) mass is 374 g/mol. The zero-order chi connectivity index (χ0) is 14.9. The molecule has 0 saturated heterocycles. The average Bonchev–Trinajstić information content (AvgIpc) is 2.84. The molecule has 0 atom stereocenters. The summed E-state index contributed by atoms with van der Waals surface area (Å²) in [6.07, 6.45) is 0. The lowest BCUT2D eigenvalue weighted by molar-refractivity contribution is 0.394. The van der Waals surface area contributed by atoms with Gasteiger partial charge < -0.3 is 8.60 Å². The fraction of sp³-hybridized carbons (Fsp3) is 0.0909. The van der Waals surface area contributed by atoms with E-state index in [1.165, 1.54) is 24.3 Å². The van der Waals surface area contributed by atoms with Crippen molar-refractivity contribution in [2.45, 2.75) is 9.93 Å². The van der Waals surface area contributed by atoms with Crippen LogP contribution in [0, 0.1) is 0 Å². The van der Waals surface area contributed by atoms with Gasteiger partial charge >= 0.3 is 10.1 Å². The van der Waals surface area contributed by atoms with Crippen molar-refractivity contribution in [3.05, 3.63) is 46.1 Å². The average molecular weight is 376 g/mol. The fourth-order valence-corrected chi connectivity index (χ4v) is 3.01. The molecule has 9 heteroatoms. The summed E-state index contributed by atoms with van der Waals surface area (Å²) in [5, 5.41) is -0.337. The Labute approximate surface area is 135 Å². The molecule has 0 radical (unpaired) electrons. The summed E-state index contributed by atoms with van der Waals surface area (Å²) in [7, 11) is -4.22. The van der Waals surface area contributed by atoms with Crippen molar-refractivity contribution >= 4 is 56.5 Å². The number of alkyl halides is 2. The van der Waals surface area contributed by atoms with Crippen molar-refractivity contribution in [2.75, 3.05) is 0 Å². The second-order valence-electron chi connectivity index (χ2n) is 3.55. The van der Waals surface area contributed by atoms with Gasteiger partial charge in [0.1, 0.15) is 5.76 Å². The van der Waals surface area contributed by atoms with Crippen LogP contribution in [0.1, 0.15) is 10.6 Å². The van der Waals surface area contributed by atoms with Crippen molar-refractivity contribution in [1.29, 1.82) is 0 Å². The molecule has 1 heterocycles. The van der Waals surface area contributed by atoms with E-state index in [-0.39, 0.29) is 21.6 Å². The molecule has 2 rings (SSSR count). The van der Waals surface area contributed by atoms with Gasteiger partial charge in [0.15, 0.2) is 10.6 Å². The highest BCUT2D eigenvalue weighted by molar-refractivity contribution is 7.87. The zero-order valence-electron chi connectivity index (χ0n) is 9.52. The van der Waals surface area contributed by atoms with E-state index in [4.69, 9.17) is 55.0 Å². The standard InChI is InChI=1S/C11H6Cl4O4S/c12-6-2-1-3-7(13)10(6)19-20(16,17)9-5-4-8(18-9)11(14)15/h1-5,11H. The van der Waals surface area contributed by atoms with Crippen LogP contribution >= 0.6 is 46.4 Å². The van der Waals surface area contributed by atoms with E-state index in [0.29, 0.717) is 0 Å². The molecule has 1 aromatic heterocycles. The number of benzene rings is 1. The first-order chi connectivity index (χ1) is 9.31. The summed E-state index contributed by atoms with van der Waals surface area (Å²) >= 11 is 22.8. The van der Waals surface area contributed by atoms with Gasteiger partial charge in [0.2, 0.25) is 0 Å². The van der Waals surface area contributed by atoms with Crippen LogP contribution in [-0.2, 0) is 10.1 Å². The van der Waals surface area contributed by atoms with E-state index in [0.717, 1.165) is 0 Å². The van der Waals surface area contributed by atoms with Gasteiger partial charge in [0, 0.05) is 0 Å². The number of furan rings is 1. The van der Waals surface area contributed by atoms with Crippen molar-refractivity contribution in [3.63, 3.8) is 0 Å². The minimum Gasteiger partial charge on any atom is -0.444 e. The van der Waals surface area contributed by atoms with Gasteiger partial charge in [0.05, 0.1) is 10.0 Å². The van der Waals surface area contributed by atoms with Crippen LogP contribution in [0.25, 0.3) is 0 Å². The van der Waals surface area contributed by atoms with Gasteiger partial charge in [-0.1, -0.05) is 52.5 Å². The molecule has 0 aliphatic rings. The van der Waals surface area contributed by atoms with Crippen LogP contribution in [0.2, 0.25) is 10.0 Å². The highest BCUT2D eigenvalue weighted by Crippen LogP contribution is 2.35. The highest BCUT2D eigenvalue weighted by atomic mass is 35.5. The maximum absolute atomic E-state index is 12.0. The highest BCUT2D eigenvalue weighted by Gasteiger charge is 2.25. The normalized spacial score (nSPS) is 11.8. The Bertz CT molecular complexity index is 704. The van der Waals surface area contributed by atoms with Crippen LogP contribution in [0.5, 0.6) is 5.75 Å². The van der Waals surface area contributed by atoms with Gasteiger partial charge in [-0.25, -0.2) is 0 Å². The van der Waals surface area contributed by atoms with Gasteiger partial charge in [-0.15, -0.1) is 0 Å². The van der Waals surface area contributed by atoms with E-state index in [2.05, 4.69) is 0 Å². The Morgan fingerprint density at radius 2 is 1.65 bits per heavy atom. The second kappa shape index (κ2) is 6.03. The third kappa shape index (κ3) is 3.35. The van der Waals surface area contributed by atoms with E-state index in [1.54, 1.807) is 6.07 Å². The molecule has 0 spiro atoms. The first kappa shape index (κ1) is 15.8. The lowest BCUT2D eigenvalue weighted by atomic mass is 10.3. The van der Waals surface area contributed by atoms with Gasteiger partial charge in [0.25, 0.3) is 5.09 Å². The molecule has 1 aromatic carbocycles. The van der Waals surface area contributed by atoms with Gasteiger partial charge in [-0.2, -0.15) is 8.42 Å². The lowest BCUT2D eigenvalue weighted by Crippen LogP contribution is -2.09. The molecule has 2 aromatic rings. The Morgan fingerprint density at radius 1 is 1.05 bits per heavy atom. The summed E-state index contributed by atoms with van der Waals surface area (Å²) in [6.45, 7) is 0. The van der Waals surface area contributed by atoms with Crippen molar-refractivity contribution in [3.8, 4) is 5.75 Å². The third-order valence-electron chi connectivity index (χ3n) is 2.18. The minimum absolute atomic E-state index is 0.0559. The first-order valence-corrected chi connectivity index (χ1v) is 8.11. The predicted octanol–water partition coefficient (Wildman–Crippen LogP) is 4.83. The molecule has 0 fully saturated rings. The van der Waals surface area contributed by atoms with Crippen molar-refractivity contribution in [2.24, 2.45) is 0 Å². The Morgan fingerprint density at radius 3 is 2.15 bits per heavy atom. The minimum atomic E-state index is -4.22. The van der Waals surface area contributed by atoms with Gasteiger partial charge in [-0.3, -0.25) is 0 Å². The molecular formula is C11H6Cl4O4S. The fourth-order valence-electron chi connectivity index (χ4n) is 1.30. The summed E-state index contributed by atoms with van der Waals surface area (Å²) in [5.41, 5.74) is 0. The largest absolute Gasteiger partial charge is 0.444 e. The molecule has 108 valence electrons. The number of rotatable bonds is 4. The van der Waals surface area contributed by atoms with Crippen LogP contribution in [-0.4, -0.2) is 8.42 Å². The van der Waals surface area contributed by atoms with Crippen LogP contribution < -0.4 is 4.18 Å². The van der Waals surface area contributed by atoms with Crippen LogP contribution in [0.15, 0.2) is 39.8 Å². The van der Waals surface area contributed by atoms with Gasteiger partial charge in [-0.05, 0) is 24.3 Å². The SMILES string of the molecule is O=S(=O)(Oc1c(Cl)cccc1Cl)c1ccc(C(Cl)Cl)o1. The maximum Gasteiger partial charge on any atom is 0.373 e. The van der Waals surface area contributed by atoms with E-state index < -0.39 is 20.0 Å². The maximum atomic E-state index is 12.0. The molecule has 0 bridgehead atoms. The topological polar surface area (TPSA) is 56.5 Å². The number of halogens is 4. The van der Waals surface area contributed by atoms with Crippen molar-refractivity contribution in [1.82, 2.24) is 0 Å². The van der Waals surface area contributed by atoms with Crippen molar-refractivity contribution < 1.29 is 17.0 Å². The lowest BCUT2D eigenvalue weighted by Gasteiger charge is -2.08. The summed E-state index contributed by atoms with van der Waals surface area (Å²) in [4.78, 5) is -0.983. The Kier molecular flexibility index (Phi) is 4.76. The van der Waals surface area contributed by atoms with E-state index in [9.17, 15) is 8.42 Å². The third-order valence-corrected chi connectivity index (χ3v) is 4.30. The summed E-state index contributed by atoms with van der Waals surface area (Å²) in [5.74, 6) is -0.0946. The molecule has 0 aliphatic heterocycles. The van der Waals surface area contributed by atoms with E-state index in [1.807, 2.05) is 0 Å². The summed E-state index contributed by atoms with van der Waals surface area (Å²) in [6, 6.07) is 6.95. The molecule has 0 aliphatic carbocycles. The summed E-state index contributed by atoms with van der Waals surface area (Å²) < 4.78 is 33.9. The molecule has 0 unspecified atom stereocenters. The first-order valence-electron chi connectivity index (χ1n) is 5.07. The van der Waals surface area contributed by atoms with Crippen LogP contribution in [0.3, 0.4) is 0 Å².